The van der Waals surface area contributed by atoms with Crippen LogP contribution in [-0.4, -0.2) is 31.3 Å². The molecule has 2 N–H and O–H groups in total. The number of hydrogen-bond acceptors (Lipinski definition) is 4. The lowest BCUT2D eigenvalue weighted by atomic mass is 10.1. The predicted octanol–water partition coefficient (Wildman–Crippen LogP) is 0.460. The largest absolute Gasteiger partial charge is 0.392 e. The summed E-state index contributed by atoms with van der Waals surface area (Å²) in [6, 6.07) is 7.75. The Labute approximate surface area is 95.1 Å². The van der Waals surface area contributed by atoms with Crippen molar-refractivity contribution in [3.8, 4) is 6.07 Å². The summed E-state index contributed by atoms with van der Waals surface area (Å²) in [7, 11) is 0. The topological polar surface area (TPSA) is 59.3 Å². The minimum atomic E-state index is -0.0173. The summed E-state index contributed by atoms with van der Waals surface area (Å²) in [4.78, 5) is 2.20. The molecule has 1 aromatic rings. The highest BCUT2D eigenvalue weighted by molar-refractivity contribution is 5.60. The summed E-state index contributed by atoms with van der Waals surface area (Å²) in [5.74, 6) is 0. The van der Waals surface area contributed by atoms with Gasteiger partial charge in [-0.25, -0.2) is 0 Å². The summed E-state index contributed by atoms with van der Waals surface area (Å²) in [6.45, 7) is 3.73. The number of nitrogens with one attached hydrogen (secondary N) is 1. The van der Waals surface area contributed by atoms with Gasteiger partial charge < -0.3 is 15.3 Å². The zero-order valence-corrected chi connectivity index (χ0v) is 9.11. The number of aliphatic hydroxyl groups is 1. The normalized spacial score (nSPS) is 15.9. The van der Waals surface area contributed by atoms with Gasteiger partial charge in [-0.15, -0.1) is 0 Å². The van der Waals surface area contributed by atoms with Gasteiger partial charge in [0.15, 0.2) is 0 Å². The summed E-state index contributed by atoms with van der Waals surface area (Å²) in [5, 5.41) is 21.4. The molecule has 0 atom stereocenters. The average molecular weight is 217 g/mol. The van der Waals surface area contributed by atoms with Crippen molar-refractivity contribution in [2.24, 2.45) is 0 Å². The Morgan fingerprint density at radius 2 is 2.12 bits per heavy atom. The Bertz CT molecular complexity index is 405. The van der Waals surface area contributed by atoms with E-state index in [9.17, 15) is 0 Å². The maximum absolute atomic E-state index is 9.10. The minimum absolute atomic E-state index is 0.0173. The molecule has 1 aliphatic rings. The van der Waals surface area contributed by atoms with E-state index in [0.717, 1.165) is 37.4 Å². The molecule has 0 amide bonds. The van der Waals surface area contributed by atoms with E-state index in [-0.39, 0.29) is 6.61 Å². The number of aliphatic hydroxyl groups excluding tert-OH is 1. The van der Waals surface area contributed by atoms with Crippen molar-refractivity contribution in [1.82, 2.24) is 5.32 Å². The molecule has 4 nitrogen and oxygen atoms in total. The average Bonchev–Trinajstić information content (AvgIpc) is 2.39. The van der Waals surface area contributed by atoms with Crippen molar-refractivity contribution in [3.63, 3.8) is 0 Å². The zero-order chi connectivity index (χ0) is 11.4. The maximum Gasteiger partial charge on any atom is 0.101 e. The smallest absolute Gasteiger partial charge is 0.101 e. The highest BCUT2D eigenvalue weighted by Crippen LogP contribution is 2.21. The lowest BCUT2D eigenvalue weighted by Crippen LogP contribution is -2.43. The molecule has 0 spiro atoms. The first-order valence-corrected chi connectivity index (χ1v) is 5.44. The van der Waals surface area contributed by atoms with E-state index in [4.69, 9.17) is 10.4 Å². The van der Waals surface area contributed by atoms with Crippen molar-refractivity contribution in [1.29, 1.82) is 5.26 Å². The summed E-state index contributed by atoms with van der Waals surface area (Å²) >= 11 is 0. The van der Waals surface area contributed by atoms with Gasteiger partial charge in [0.25, 0.3) is 0 Å². The van der Waals surface area contributed by atoms with Crippen LogP contribution >= 0.6 is 0 Å². The molecule has 2 rings (SSSR count). The van der Waals surface area contributed by atoms with Gasteiger partial charge in [-0.2, -0.15) is 5.26 Å². The van der Waals surface area contributed by atoms with Crippen LogP contribution in [0, 0.1) is 11.3 Å². The molecule has 0 aromatic heterocycles. The van der Waals surface area contributed by atoms with Gasteiger partial charge in [-0.3, -0.25) is 0 Å². The first-order valence-electron chi connectivity index (χ1n) is 5.44. The Hall–Kier alpha value is -1.57. The van der Waals surface area contributed by atoms with E-state index in [1.165, 1.54) is 0 Å². The van der Waals surface area contributed by atoms with Crippen LogP contribution in [-0.2, 0) is 6.61 Å². The van der Waals surface area contributed by atoms with E-state index in [2.05, 4.69) is 16.3 Å². The summed E-state index contributed by atoms with van der Waals surface area (Å²) < 4.78 is 0. The lowest BCUT2D eigenvalue weighted by molar-refractivity contribution is 0.282. The SMILES string of the molecule is N#Cc1cc(CO)ccc1N1CCNCC1. The molecular weight excluding hydrogens is 202 g/mol. The fourth-order valence-electron chi connectivity index (χ4n) is 1.95. The molecule has 1 fully saturated rings. The first-order chi connectivity index (χ1) is 7.85. The third-order valence-corrected chi connectivity index (χ3v) is 2.82. The van der Waals surface area contributed by atoms with E-state index < -0.39 is 0 Å². The first kappa shape index (κ1) is 10.9. The minimum Gasteiger partial charge on any atom is -0.392 e. The second-order valence-electron chi connectivity index (χ2n) is 3.86. The molecule has 84 valence electrons. The van der Waals surface area contributed by atoms with Crippen LogP contribution < -0.4 is 10.2 Å². The molecule has 4 heteroatoms. The second kappa shape index (κ2) is 4.97. The predicted molar refractivity (Wildman–Crippen MR) is 62.2 cm³/mol. The highest BCUT2D eigenvalue weighted by Gasteiger charge is 2.14. The number of nitrogens with zero attached hydrogens (tertiary/aromatic N) is 2. The third kappa shape index (κ3) is 2.16. The number of piperazine rings is 1. The third-order valence-electron chi connectivity index (χ3n) is 2.82. The second-order valence-corrected chi connectivity index (χ2v) is 3.86. The van der Waals surface area contributed by atoms with Crippen LogP contribution in [0.15, 0.2) is 18.2 Å². The number of nitriles is 1. The van der Waals surface area contributed by atoms with Crippen LogP contribution in [0.25, 0.3) is 0 Å². The lowest BCUT2D eigenvalue weighted by Gasteiger charge is -2.30. The van der Waals surface area contributed by atoms with Crippen LogP contribution in [0.2, 0.25) is 0 Å². The fraction of sp³-hybridized carbons (Fsp3) is 0.417. The van der Waals surface area contributed by atoms with Gasteiger partial charge in [0.2, 0.25) is 0 Å². The molecule has 0 aliphatic carbocycles. The van der Waals surface area contributed by atoms with Gasteiger partial charge in [-0.1, -0.05) is 6.07 Å². The Kier molecular flexibility index (Phi) is 3.40. The Balaban J connectivity index is 2.29. The Morgan fingerprint density at radius 3 is 2.75 bits per heavy atom. The zero-order valence-electron chi connectivity index (χ0n) is 9.11. The van der Waals surface area contributed by atoms with Gasteiger partial charge in [0.1, 0.15) is 6.07 Å². The standard InChI is InChI=1S/C12H15N3O/c13-8-11-7-10(9-16)1-2-12(11)15-5-3-14-4-6-15/h1-2,7,14,16H,3-6,9H2. The molecular formula is C12H15N3O. The highest BCUT2D eigenvalue weighted by atomic mass is 16.3. The van der Waals surface area contributed by atoms with Crippen LogP contribution in [0.3, 0.4) is 0 Å². The monoisotopic (exact) mass is 217 g/mol. The molecule has 0 saturated carbocycles. The molecule has 0 bridgehead atoms. The number of anilines is 1. The summed E-state index contributed by atoms with van der Waals surface area (Å²) in [6.07, 6.45) is 0. The Morgan fingerprint density at radius 1 is 1.38 bits per heavy atom. The van der Waals surface area contributed by atoms with Crippen molar-refractivity contribution in [2.45, 2.75) is 6.61 Å². The van der Waals surface area contributed by atoms with E-state index >= 15 is 0 Å². The van der Waals surface area contributed by atoms with E-state index in [1.54, 1.807) is 6.07 Å². The number of hydrogen-bond donors (Lipinski definition) is 2. The van der Waals surface area contributed by atoms with Crippen molar-refractivity contribution in [2.75, 3.05) is 31.1 Å². The number of rotatable bonds is 2. The number of benzene rings is 1. The quantitative estimate of drug-likeness (QED) is 0.755. The van der Waals surface area contributed by atoms with Crippen molar-refractivity contribution < 1.29 is 5.11 Å². The van der Waals surface area contributed by atoms with Crippen LogP contribution in [0.1, 0.15) is 11.1 Å². The van der Waals surface area contributed by atoms with Crippen LogP contribution in [0.5, 0.6) is 0 Å². The van der Waals surface area contributed by atoms with Gasteiger partial charge in [0.05, 0.1) is 17.9 Å². The molecule has 1 aliphatic heterocycles. The van der Waals surface area contributed by atoms with E-state index in [1.807, 2.05) is 12.1 Å². The molecule has 16 heavy (non-hydrogen) atoms. The van der Waals surface area contributed by atoms with Crippen LogP contribution in [0.4, 0.5) is 5.69 Å². The molecule has 1 heterocycles. The van der Waals surface area contributed by atoms with Gasteiger partial charge in [0, 0.05) is 26.2 Å². The molecule has 0 unspecified atom stereocenters. The van der Waals surface area contributed by atoms with Gasteiger partial charge in [-0.05, 0) is 17.7 Å². The van der Waals surface area contributed by atoms with Gasteiger partial charge >= 0.3 is 0 Å². The summed E-state index contributed by atoms with van der Waals surface area (Å²) in [5.41, 5.74) is 2.41. The maximum atomic E-state index is 9.10. The molecule has 0 radical (unpaired) electrons. The van der Waals surface area contributed by atoms with Crippen molar-refractivity contribution in [3.05, 3.63) is 29.3 Å². The fourth-order valence-corrected chi connectivity index (χ4v) is 1.95. The van der Waals surface area contributed by atoms with Crippen molar-refractivity contribution >= 4 is 5.69 Å². The molecule has 1 aromatic carbocycles. The molecule has 1 saturated heterocycles. The van der Waals surface area contributed by atoms with E-state index in [0.29, 0.717) is 5.56 Å².